The number of nitrogens with one attached hydrogen (secondary N) is 2. The molecule has 0 aliphatic rings. The Balaban J connectivity index is 1.75. The van der Waals surface area contributed by atoms with E-state index in [0.29, 0.717) is 22.7 Å². The molecule has 5 nitrogen and oxygen atoms in total. The maximum absolute atomic E-state index is 13.2. The first kappa shape index (κ1) is 12.6. The van der Waals surface area contributed by atoms with Gasteiger partial charge in [-0.15, -0.1) is 10.2 Å². The van der Waals surface area contributed by atoms with Gasteiger partial charge in [0.1, 0.15) is 12.2 Å². The second-order valence-corrected chi connectivity index (χ2v) is 4.78. The van der Waals surface area contributed by atoms with E-state index in [2.05, 4.69) is 25.1 Å². The number of benzene rings is 2. The van der Waals surface area contributed by atoms with Gasteiger partial charge in [0.15, 0.2) is 17.5 Å². The summed E-state index contributed by atoms with van der Waals surface area (Å²) in [5, 5.41) is 7.66. The average molecular weight is 297 g/mol. The van der Waals surface area contributed by atoms with Crippen LogP contribution in [0.1, 0.15) is 0 Å². The third-order valence-corrected chi connectivity index (χ3v) is 3.37. The van der Waals surface area contributed by atoms with Crippen LogP contribution in [0.25, 0.3) is 33.8 Å². The summed E-state index contributed by atoms with van der Waals surface area (Å²) in [6, 6.07) is 9.61. The summed E-state index contributed by atoms with van der Waals surface area (Å²) in [5.41, 5.74) is 2.52. The lowest BCUT2D eigenvalue weighted by molar-refractivity contribution is 0.510. The second kappa shape index (κ2) is 4.73. The minimum Gasteiger partial charge on any atom is -0.338 e. The number of fused-ring (bicyclic) bond motifs is 1. The van der Waals surface area contributed by atoms with Crippen molar-refractivity contribution in [2.75, 3.05) is 0 Å². The molecular formula is C15H9F2N5. The molecule has 0 amide bonds. The average Bonchev–Trinajstić information content (AvgIpc) is 3.17. The predicted molar refractivity (Wildman–Crippen MR) is 76.8 cm³/mol. The number of nitrogens with zero attached hydrogens (tertiary/aromatic N) is 3. The molecule has 4 rings (SSSR count). The third-order valence-electron chi connectivity index (χ3n) is 3.37. The van der Waals surface area contributed by atoms with Gasteiger partial charge < -0.3 is 9.97 Å². The van der Waals surface area contributed by atoms with Crippen LogP contribution in [0.4, 0.5) is 8.78 Å². The fourth-order valence-electron chi connectivity index (χ4n) is 2.27. The second-order valence-electron chi connectivity index (χ2n) is 4.78. The summed E-state index contributed by atoms with van der Waals surface area (Å²) in [6.45, 7) is 0. The predicted octanol–water partition coefficient (Wildman–Crippen LogP) is 3.29. The van der Waals surface area contributed by atoms with Crippen molar-refractivity contribution in [1.29, 1.82) is 0 Å². The summed E-state index contributed by atoms with van der Waals surface area (Å²) in [5.74, 6) is -0.598. The highest BCUT2D eigenvalue weighted by Gasteiger charge is 2.10. The molecule has 0 aliphatic carbocycles. The van der Waals surface area contributed by atoms with Crippen LogP contribution < -0.4 is 0 Å². The van der Waals surface area contributed by atoms with Crippen LogP contribution in [0, 0.1) is 11.6 Å². The number of hydrogen-bond donors (Lipinski definition) is 2. The minimum absolute atomic E-state index is 0.383. The van der Waals surface area contributed by atoms with E-state index in [-0.39, 0.29) is 0 Å². The van der Waals surface area contributed by atoms with Crippen molar-refractivity contribution in [2.45, 2.75) is 0 Å². The largest absolute Gasteiger partial charge is 0.338 e. The van der Waals surface area contributed by atoms with Crippen LogP contribution in [-0.2, 0) is 0 Å². The molecule has 0 saturated heterocycles. The molecule has 0 aliphatic heterocycles. The van der Waals surface area contributed by atoms with E-state index >= 15 is 0 Å². The van der Waals surface area contributed by atoms with Gasteiger partial charge in [-0.1, -0.05) is 24.3 Å². The number of H-pyrrole nitrogens is 2. The van der Waals surface area contributed by atoms with Crippen molar-refractivity contribution in [3.8, 4) is 22.8 Å². The topological polar surface area (TPSA) is 70.2 Å². The maximum Gasteiger partial charge on any atom is 0.161 e. The Labute approximate surface area is 123 Å². The normalized spacial score (nSPS) is 11.2. The summed E-state index contributed by atoms with van der Waals surface area (Å²) >= 11 is 0. The van der Waals surface area contributed by atoms with Gasteiger partial charge in [-0.25, -0.2) is 13.8 Å². The Kier molecular flexibility index (Phi) is 2.72. The Hall–Kier alpha value is -3.09. The Morgan fingerprint density at radius 3 is 2.23 bits per heavy atom. The van der Waals surface area contributed by atoms with Gasteiger partial charge in [0.2, 0.25) is 0 Å². The van der Waals surface area contributed by atoms with E-state index in [0.717, 1.165) is 23.3 Å². The first-order valence-corrected chi connectivity index (χ1v) is 6.52. The number of hydrogen-bond acceptors (Lipinski definition) is 3. The van der Waals surface area contributed by atoms with Gasteiger partial charge in [-0.2, -0.15) is 0 Å². The van der Waals surface area contributed by atoms with Crippen LogP contribution in [-0.4, -0.2) is 25.1 Å². The molecule has 0 fully saturated rings. The van der Waals surface area contributed by atoms with Crippen molar-refractivity contribution in [3.05, 3.63) is 54.4 Å². The van der Waals surface area contributed by atoms with Crippen LogP contribution >= 0.6 is 0 Å². The fraction of sp³-hybridized carbons (Fsp3) is 0. The van der Waals surface area contributed by atoms with E-state index in [1.165, 1.54) is 6.33 Å². The lowest BCUT2D eigenvalue weighted by atomic mass is 10.1. The monoisotopic (exact) mass is 297 g/mol. The lowest BCUT2D eigenvalue weighted by Gasteiger charge is -1.99. The summed E-state index contributed by atoms with van der Waals surface area (Å²) < 4.78 is 26.5. The van der Waals surface area contributed by atoms with Crippen molar-refractivity contribution in [1.82, 2.24) is 25.1 Å². The van der Waals surface area contributed by atoms with Gasteiger partial charge in [0, 0.05) is 23.3 Å². The number of aromatic amines is 2. The fourth-order valence-corrected chi connectivity index (χ4v) is 2.27. The van der Waals surface area contributed by atoms with Gasteiger partial charge >= 0.3 is 0 Å². The highest BCUT2D eigenvalue weighted by Crippen LogP contribution is 2.24. The Bertz CT molecular complexity index is 903. The van der Waals surface area contributed by atoms with Crippen LogP contribution in [0.3, 0.4) is 0 Å². The molecule has 2 aromatic heterocycles. The van der Waals surface area contributed by atoms with E-state index in [1.54, 1.807) is 0 Å². The van der Waals surface area contributed by atoms with Gasteiger partial charge in [-0.3, -0.25) is 0 Å². The molecule has 108 valence electrons. The molecule has 0 radical (unpaired) electrons. The number of imidazole rings is 1. The molecule has 0 saturated carbocycles. The quantitative estimate of drug-likeness (QED) is 0.596. The van der Waals surface area contributed by atoms with Gasteiger partial charge in [-0.05, 0) is 0 Å². The minimum atomic E-state index is -0.911. The molecule has 0 unspecified atom stereocenters. The summed E-state index contributed by atoms with van der Waals surface area (Å²) in [4.78, 5) is 10.2. The van der Waals surface area contributed by atoms with Crippen molar-refractivity contribution in [2.24, 2.45) is 0 Å². The lowest BCUT2D eigenvalue weighted by Crippen LogP contribution is -1.83. The molecule has 0 spiro atoms. The van der Waals surface area contributed by atoms with Gasteiger partial charge in [0.05, 0.1) is 11.0 Å². The molecular weight excluding hydrogens is 288 g/mol. The highest BCUT2D eigenvalue weighted by molar-refractivity contribution is 5.79. The van der Waals surface area contributed by atoms with Crippen LogP contribution in [0.15, 0.2) is 42.7 Å². The number of rotatable bonds is 2. The molecule has 7 heteroatoms. The van der Waals surface area contributed by atoms with Crippen LogP contribution in [0.5, 0.6) is 0 Å². The first-order chi connectivity index (χ1) is 10.7. The van der Waals surface area contributed by atoms with Crippen LogP contribution in [0.2, 0.25) is 0 Å². The zero-order valence-corrected chi connectivity index (χ0v) is 11.1. The molecule has 2 aromatic carbocycles. The molecule has 2 N–H and O–H groups in total. The smallest absolute Gasteiger partial charge is 0.161 e. The van der Waals surface area contributed by atoms with Crippen molar-refractivity contribution in [3.63, 3.8) is 0 Å². The highest BCUT2D eigenvalue weighted by atomic mass is 19.2. The van der Waals surface area contributed by atoms with E-state index < -0.39 is 11.6 Å². The molecule has 0 atom stereocenters. The van der Waals surface area contributed by atoms with E-state index in [4.69, 9.17) is 0 Å². The zero-order valence-electron chi connectivity index (χ0n) is 11.1. The zero-order chi connectivity index (χ0) is 15.1. The standard InChI is InChI=1S/C15H9F2N5/c16-10-5-12-13(6-11(10)17)21-15(20-12)9-3-1-8(2-4-9)14-18-7-19-22-14/h1-7H,(H,20,21)(H,18,19,22). The van der Waals surface area contributed by atoms with E-state index in [9.17, 15) is 8.78 Å². The molecule has 0 bridgehead atoms. The maximum atomic E-state index is 13.2. The summed E-state index contributed by atoms with van der Waals surface area (Å²) in [6.07, 6.45) is 1.51. The molecule has 4 aromatic rings. The Morgan fingerprint density at radius 2 is 1.55 bits per heavy atom. The molecule has 2 heterocycles. The van der Waals surface area contributed by atoms with Crippen molar-refractivity contribution < 1.29 is 8.78 Å². The summed E-state index contributed by atoms with van der Waals surface area (Å²) in [7, 11) is 0. The Morgan fingerprint density at radius 1 is 0.864 bits per heavy atom. The SMILES string of the molecule is Fc1cc2nc(-c3ccc(-c4nnc[nH]4)cc3)[nH]c2cc1F. The molecule has 22 heavy (non-hydrogen) atoms. The van der Waals surface area contributed by atoms with Crippen molar-refractivity contribution >= 4 is 11.0 Å². The number of halogens is 2. The first-order valence-electron chi connectivity index (χ1n) is 6.52. The van der Waals surface area contributed by atoms with Gasteiger partial charge in [0.25, 0.3) is 0 Å². The third kappa shape index (κ3) is 2.03. The number of aromatic nitrogens is 5. The van der Waals surface area contributed by atoms with E-state index in [1.807, 2.05) is 24.3 Å².